The Hall–Kier alpha value is -3.61. The second-order valence-corrected chi connectivity index (χ2v) is 9.68. The normalized spacial score (nSPS) is 17.7. The third-order valence-corrected chi connectivity index (χ3v) is 6.95. The number of aromatic amines is 1. The third kappa shape index (κ3) is 5.30. The Morgan fingerprint density at radius 1 is 0.944 bits per heavy atom. The standard InChI is InChI=1S/C29H26ClNO5/c30-26-16-27-20(15-25(29(35)31-27)19-3-1-2-17(12-19)13-28(33)34)14-24(26)18-4-8-22(9-5-18)36-23-10-6-21(32)7-11-23/h1-5,8-9,12,14-16,21,23,32H,6-7,10-11,13H2,(H,31,35)(H,33,34). The Kier molecular flexibility index (Phi) is 6.81. The van der Waals surface area contributed by atoms with Gasteiger partial charge in [0.25, 0.3) is 5.56 Å². The first-order valence-electron chi connectivity index (χ1n) is 12.0. The predicted molar refractivity (Wildman–Crippen MR) is 141 cm³/mol. The summed E-state index contributed by atoms with van der Waals surface area (Å²) < 4.78 is 6.09. The summed E-state index contributed by atoms with van der Waals surface area (Å²) in [5.41, 5.74) is 3.85. The van der Waals surface area contributed by atoms with Gasteiger partial charge in [0.1, 0.15) is 5.75 Å². The maximum Gasteiger partial charge on any atom is 0.307 e. The van der Waals surface area contributed by atoms with Gasteiger partial charge in [0.05, 0.1) is 23.7 Å². The molecule has 184 valence electrons. The highest BCUT2D eigenvalue weighted by atomic mass is 35.5. The largest absolute Gasteiger partial charge is 0.490 e. The number of carboxylic acids is 1. The maximum atomic E-state index is 12.8. The minimum atomic E-state index is -0.923. The molecule has 5 rings (SSSR count). The first-order chi connectivity index (χ1) is 17.4. The van der Waals surface area contributed by atoms with Gasteiger partial charge >= 0.3 is 5.97 Å². The summed E-state index contributed by atoms with van der Waals surface area (Å²) >= 11 is 6.59. The highest BCUT2D eigenvalue weighted by molar-refractivity contribution is 6.34. The zero-order valence-corrected chi connectivity index (χ0v) is 20.3. The molecule has 4 aromatic rings. The van der Waals surface area contributed by atoms with Crippen molar-refractivity contribution in [3.8, 4) is 28.0 Å². The van der Waals surface area contributed by atoms with Gasteiger partial charge in [-0.1, -0.05) is 48.0 Å². The molecule has 0 bridgehead atoms. The van der Waals surface area contributed by atoms with Crippen molar-refractivity contribution in [1.29, 1.82) is 0 Å². The molecule has 1 aliphatic carbocycles. The van der Waals surface area contributed by atoms with Crippen molar-refractivity contribution >= 4 is 28.5 Å². The Morgan fingerprint density at radius 2 is 1.67 bits per heavy atom. The molecule has 1 fully saturated rings. The molecule has 36 heavy (non-hydrogen) atoms. The summed E-state index contributed by atoms with van der Waals surface area (Å²) in [5, 5.41) is 20.1. The first kappa shape index (κ1) is 24.1. The van der Waals surface area contributed by atoms with Gasteiger partial charge in [0.2, 0.25) is 0 Å². The molecule has 0 radical (unpaired) electrons. The highest BCUT2D eigenvalue weighted by Crippen LogP contribution is 2.34. The summed E-state index contributed by atoms with van der Waals surface area (Å²) in [6, 6.07) is 20.3. The predicted octanol–water partition coefficient (Wildman–Crippen LogP) is 5.82. The Bertz CT molecular complexity index is 1470. The number of carboxylic acid groups (broad SMARTS) is 1. The number of ether oxygens (including phenoxy) is 1. The number of benzene rings is 3. The molecular weight excluding hydrogens is 478 g/mol. The van der Waals surface area contributed by atoms with Crippen LogP contribution < -0.4 is 10.3 Å². The van der Waals surface area contributed by atoms with Gasteiger partial charge in [0, 0.05) is 16.6 Å². The van der Waals surface area contributed by atoms with Crippen LogP contribution in [0, 0.1) is 0 Å². The molecule has 0 unspecified atom stereocenters. The average molecular weight is 504 g/mol. The van der Waals surface area contributed by atoms with Crippen LogP contribution in [0.5, 0.6) is 5.75 Å². The Balaban J connectivity index is 1.45. The zero-order chi connectivity index (χ0) is 25.2. The molecule has 6 nitrogen and oxygen atoms in total. The average Bonchev–Trinajstić information content (AvgIpc) is 2.85. The van der Waals surface area contributed by atoms with Gasteiger partial charge < -0.3 is 19.9 Å². The van der Waals surface area contributed by atoms with Crippen LogP contribution >= 0.6 is 11.6 Å². The van der Waals surface area contributed by atoms with E-state index < -0.39 is 5.97 Å². The minimum absolute atomic E-state index is 0.110. The van der Waals surface area contributed by atoms with Crippen LogP contribution in [0.4, 0.5) is 0 Å². The second-order valence-electron chi connectivity index (χ2n) is 9.28. The number of halogens is 1. The Morgan fingerprint density at radius 3 is 2.39 bits per heavy atom. The fraction of sp³-hybridized carbons (Fsp3) is 0.241. The van der Waals surface area contributed by atoms with E-state index in [9.17, 15) is 14.7 Å². The summed E-state index contributed by atoms with van der Waals surface area (Å²) in [4.78, 5) is 26.8. The van der Waals surface area contributed by atoms with Gasteiger partial charge in [-0.3, -0.25) is 9.59 Å². The third-order valence-electron chi connectivity index (χ3n) is 6.64. The van der Waals surface area contributed by atoms with Gasteiger partial charge in [-0.2, -0.15) is 0 Å². The van der Waals surface area contributed by atoms with Crippen LogP contribution in [0.3, 0.4) is 0 Å². The van der Waals surface area contributed by atoms with Gasteiger partial charge in [-0.05, 0) is 78.1 Å². The van der Waals surface area contributed by atoms with Crippen LogP contribution in [0.1, 0.15) is 31.2 Å². The van der Waals surface area contributed by atoms with E-state index in [4.69, 9.17) is 21.4 Å². The number of rotatable bonds is 6. The first-order valence-corrected chi connectivity index (χ1v) is 12.4. The molecule has 1 aromatic heterocycles. The number of pyridine rings is 1. The molecule has 0 atom stereocenters. The molecule has 0 aliphatic heterocycles. The number of aromatic nitrogens is 1. The lowest BCUT2D eigenvalue weighted by atomic mass is 9.95. The lowest BCUT2D eigenvalue weighted by Crippen LogP contribution is -2.26. The quantitative estimate of drug-likeness (QED) is 0.307. The van der Waals surface area contributed by atoms with Crippen molar-refractivity contribution < 1.29 is 19.7 Å². The summed E-state index contributed by atoms with van der Waals surface area (Å²) in [6.07, 6.45) is 3.02. The van der Waals surface area contributed by atoms with Crippen molar-refractivity contribution in [2.24, 2.45) is 0 Å². The van der Waals surface area contributed by atoms with Crippen LogP contribution in [-0.2, 0) is 11.2 Å². The molecule has 0 amide bonds. The maximum absolute atomic E-state index is 12.8. The summed E-state index contributed by atoms with van der Waals surface area (Å²) in [7, 11) is 0. The monoisotopic (exact) mass is 503 g/mol. The molecule has 3 N–H and O–H groups in total. The fourth-order valence-electron chi connectivity index (χ4n) is 4.76. The lowest BCUT2D eigenvalue weighted by molar-refractivity contribution is -0.136. The number of aliphatic hydroxyl groups excluding tert-OH is 1. The number of fused-ring (bicyclic) bond motifs is 1. The van der Waals surface area contributed by atoms with Gasteiger partial charge in [-0.15, -0.1) is 0 Å². The van der Waals surface area contributed by atoms with E-state index in [0.29, 0.717) is 27.2 Å². The molecule has 1 aliphatic rings. The summed E-state index contributed by atoms with van der Waals surface area (Å²) in [6.45, 7) is 0. The van der Waals surface area contributed by atoms with E-state index in [1.807, 2.05) is 36.4 Å². The van der Waals surface area contributed by atoms with E-state index >= 15 is 0 Å². The molecule has 0 saturated heterocycles. The number of aliphatic carboxylic acids is 1. The van der Waals surface area contributed by atoms with E-state index in [2.05, 4.69) is 4.98 Å². The molecular formula is C29H26ClNO5. The van der Waals surface area contributed by atoms with Crippen molar-refractivity contribution in [2.75, 3.05) is 0 Å². The van der Waals surface area contributed by atoms with E-state index in [1.165, 1.54) is 0 Å². The fourth-order valence-corrected chi connectivity index (χ4v) is 5.03. The number of hydrogen-bond acceptors (Lipinski definition) is 4. The van der Waals surface area contributed by atoms with Crippen LogP contribution in [0.15, 0.2) is 71.5 Å². The van der Waals surface area contributed by atoms with Crippen molar-refractivity contribution in [3.63, 3.8) is 0 Å². The van der Waals surface area contributed by atoms with Gasteiger partial charge in [-0.25, -0.2) is 0 Å². The molecule has 1 saturated carbocycles. The number of H-pyrrole nitrogens is 1. The van der Waals surface area contributed by atoms with Crippen molar-refractivity contribution in [3.05, 3.63) is 87.7 Å². The molecule has 1 heterocycles. The molecule has 0 spiro atoms. The molecule has 7 heteroatoms. The van der Waals surface area contributed by atoms with E-state index in [-0.39, 0.29) is 24.2 Å². The van der Waals surface area contributed by atoms with Crippen molar-refractivity contribution in [1.82, 2.24) is 4.98 Å². The van der Waals surface area contributed by atoms with Gasteiger partial charge in [0.15, 0.2) is 0 Å². The summed E-state index contributed by atoms with van der Waals surface area (Å²) in [5.74, 6) is -0.141. The van der Waals surface area contributed by atoms with E-state index in [1.54, 1.807) is 30.3 Å². The number of aliphatic hydroxyl groups is 1. The topological polar surface area (TPSA) is 99.6 Å². The Labute approximate surface area is 213 Å². The highest BCUT2D eigenvalue weighted by Gasteiger charge is 2.20. The lowest BCUT2D eigenvalue weighted by Gasteiger charge is -2.26. The number of hydrogen-bond donors (Lipinski definition) is 3. The SMILES string of the molecule is O=C(O)Cc1cccc(-c2cc3cc(-c4ccc(OC5CCC(O)CC5)cc4)c(Cl)cc3[nH]c2=O)c1. The van der Waals surface area contributed by atoms with Crippen LogP contribution in [0.2, 0.25) is 5.02 Å². The number of nitrogens with one attached hydrogen (secondary N) is 1. The van der Waals surface area contributed by atoms with Crippen LogP contribution in [0.25, 0.3) is 33.2 Å². The van der Waals surface area contributed by atoms with Crippen molar-refractivity contribution in [2.45, 2.75) is 44.3 Å². The van der Waals surface area contributed by atoms with Crippen LogP contribution in [-0.4, -0.2) is 33.4 Å². The molecule has 3 aromatic carbocycles. The smallest absolute Gasteiger partial charge is 0.307 e. The minimum Gasteiger partial charge on any atom is -0.490 e. The van der Waals surface area contributed by atoms with E-state index in [0.717, 1.165) is 47.9 Å². The number of carbonyl (C=O) groups is 1. The second kappa shape index (κ2) is 10.2. The zero-order valence-electron chi connectivity index (χ0n) is 19.5.